The summed E-state index contributed by atoms with van der Waals surface area (Å²) in [4.78, 5) is 12.3. The first-order valence-corrected chi connectivity index (χ1v) is 7.87. The largest absolute Gasteiger partial charge is 0.323 e. The van der Waals surface area contributed by atoms with Crippen molar-refractivity contribution in [2.24, 2.45) is 0 Å². The van der Waals surface area contributed by atoms with Gasteiger partial charge >= 0.3 is 6.03 Å². The van der Waals surface area contributed by atoms with E-state index in [0.29, 0.717) is 22.5 Å². The second-order valence-electron chi connectivity index (χ2n) is 5.51. The fraction of sp³-hybridized carbons (Fsp3) is 0. The Bertz CT molecular complexity index is 1030. The molecule has 26 heavy (non-hydrogen) atoms. The highest BCUT2D eigenvalue weighted by atomic mass is 16.2. The predicted octanol–water partition coefficient (Wildman–Crippen LogP) is 4.74. The van der Waals surface area contributed by atoms with Gasteiger partial charge in [0.1, 0.15) is 0 Å². The number of nitriles is 2. The van der Waals surface area contributed by atoms with Crippen LogP contribution in [0.4, 0.5) is 16.2 Å². The summed E-state index contributed by atoms with van der Waals surface area (Å²) in [6.45, 7) is 0. The van der Waals surface area contributed by atoms with Crippen molar-refractivity contribution >= 4 is 17.4 Å². The van der Waals surface area contributed by atoms with Crippen LogP contribution in [0.5, 0.6) is 0 Å². The second-order valence-corrected chi connectivity index (χ2v) is 5.51. The van der Waals surface area contributed by atoms with Crippen LogP contribution in [0.2, 0.25) is 0 Å². The Kier molecular flexibility index (Phi) is 4.93. The molecule has 0 atom stereocenters. The average molecular weight is 338 g/mol. The molecule has 0 fully saturated rings. The highest BCUT2D eigenvalue weighted by Gasteiger charge is 2.09. The van der Waals surface area contributed by atoms with Crippen molar-refractivity contribution in [2.45, 2.75) is 0 Å². The molecule has 0 aliphatic rings. The number of nitrogens with zero attached hydrogens (tertiary/aromatic N) is 2. The number of carbonyl (C=O) groups excluding carboxylic acids is 1. The molecule has 0 aliphatic heterocycles. The molecule has 0 saturated heterocycles. The van der Waals surface area contributed by atoms with Gasteiger partial charge in [0.15, 0.2) is 0 Å². The van der Waals surface area contributed by atoms with E-state index in [0.717, 1.165) is 11.1 Å². The fourth-order valence-electron chi connectivity index (χ4n) is 2.52. The molecular weight excluding hydrogens is 324 g/mol. The maximum atomic E-state index is 12.3. The fourth-order valence-corrected chi connectivity index (χ4v) is 2.52. The van der Waals surface area contributed by atoms with E-state index in [1.807, 2.05) is 36.4 Å². The normalized spacial score (nSPS) is 9.62. The molecule has 0 heterocycles. The number of hydrogen-bond acceptors (Lipinski definition) is 3. The smallest absolute Gasteiger partial charge is 0.308 e. The minimum Gasteiger partial charge on any atom is -0.308 e. The average Bonchev–Trinajstić information content (AvgIpc) is 2.68. The van der Waals surface area contributed by atoms with E-state index in [1.165, 1.54) is 0 Å². The van der Waals surface area contributed by atoms with E-state index < -0.39 is 6.03 Å². The zero-order valence-electron chi connectivity index (χ0n) is 13.7. The Morgan fingerprint density at radius 3 is 2.23 bits per heavy atom. The number of anilines is 2. The monoisotopic (exact) mass is 338 g/mol. The number of nitrogens with one attached hydrogen (secondary N) is 2. The van der Waals surface area contributed by atoms with Crippen LogP contribution in [0.3, 0.4) is 0 Å². The molecule has 124 valence electrons. The second kappa shape index (κ2) is 7.65. The van der Waals surface area contributed by atoms with Gasteiger partial charge in [-0.3, -0.25) is 0 Å². The Morgan fingerprint density at radius 1 is 0.769 bits per heavy atom. The zero-order chi connectivity index (χ0) is 18.4. The van der Waals surface area contributed by atoms with Crippen molar-refractivity contribution in [1.82, 2.24) is 0 Å². The lowest BCUT2D eigenvalue weighted by atomic mass is 10.0. The third kappa shape index (κ3) is 3.87. The molecule has 0 unspecified atom stereocenters. The first kappa shape index (κ1) is 16.8. The van der Waals surface area contributed by atoms with Crippen LogP contribution in [0, 0.1) is 22.7 Å². The van der Waals surface area contributed by atoms with Gasteiger partial charge in [0.25, 0.3) is 0 Å². The van der Waals surface area contributed by atoms with E-state index in [-0.39, 0.29) is 0 Å². The van der Waals surface area contributed by atoms with Crippen LogP contribution in [0.15, 0.2) is 72.8 Å². The summed E-state index contributed by atoms with van der Waals surface area (Å²) >= 11 is 0. The number of hydrogen-bond donors (Lipinski definition) is 2. The quantitative estimate of drug-likeness (QED) is 0.723. The maximum Gasteiger partial charge on any atom is 0.323 e. The molecule has 0 saturated carbocycles. The highest BCUT2D eigenvalue weighted by molar-refractivity contribution is 6.02. The lowest BCUT2D eigenvalue weighted by Crippen LogP contribution is -2.19. The molecule has 3 rings (SSSR count). The molecule has 0 spiro atoms. The molecule has 5 heteroatoms. The van der Waals surface area contributed by atoms with Crippen LogP contribution >= 0.6 is 0 Å². The molecular formula is C21H14N4O. The molecule has 5 nitrogen and oxygen atoms in total. The summed E-state index contributed by atoms with van der Waals surface area (Å²) in [6.07, 6.45) is 0. The van der Waals surface area contributed by atoms with Gasteiger partial charge in [-0.1, -0.05) is 36.4 Å². The predicted molar refractivity (Wildman–Crippen MR) is 100 cm³/mol. The number of urea groups is 1. The van der Waals surface area contributed by atoms with Crippen molar-refractivity contribution < 1.29 is 4.79 Å². The van der Waals surface area contributed by atoms with Crippen molar-refractivity contribution in [3.63, 3.8) is 0 Å². The minimum atomic E-state index is -0.402. The van der Waals surface area contributed by atoms with Gasteiger partial charge in [-0.05, 0) is 42.0 Å². The van der Waals surface area contributed by atoms with E-state index in [4.69, 9.17) is 10.5 Å². The van der Waals surface area contributed by atoms with Gasteiger partial charge in [-0.15, -0.1) is 0 Å². The Morgan fingerprint density at radius 2 is 1.50 bits per heavy atom. The van der Waals surface area contributed by atoms with Crippen LogP contribution < -0.4 is 10.6 Å². The van der Waals surface area contributed by atoms with E-state index in [9.17, 15) is 4.79 Å². The lowest BCUT2D eigenvalue weighted by molar-refractivity contribution is 0.262. The molecule has 3 aromatic rings. The summed E-state index contributed by atoms with van der Waals surface area (Å²) in [7, 11) is 0. The van der Waals surface area contributed by atoms with Crippen molar-refractivity contribution in [2.75, 3.05) is 10.6 Å². The molecule has 3 aromatic carbocycles. The first-order chi connectivity index (χ1) is 12.7. The van der Waals surface area contributed by atoms with Crippen molar-refractivity contribution in [3.8, 4) is 23.3 Å². The van der Waals surface area contributed by atoms with Crippen LogP contribution in [-0.4, -0.2) is 6.03 Å². The molecule has 0 aliphatic carbocycles. The van der Waals surface area contributed by atoms with Gasteiger partial charge in [-0.25, -0.2) is 4.79 Å². The minimum absolute atomic E-state index is 0.402. The third-order valence-electron chi connectivity index (χ3n) is 3.75. The van der Waals surface area contributed by atoms with Gasteiger partial charge in [-0.2, -0.15) is 10.5 Å². The SMILES string of the molecule is N#Cc1ccc(-c2ccccc2NC(=O)Nc2cccc(C#N)c2)cc1. The Labute approximate surface area is 151 Å². The molecule has 0 bridgehead atoms. The van der Waals surface area contributed by atoms with Crippen LogP contribution in [-0.2, 0) is 0 Å². The summed E-state index contributed by atoms with van der Waals surface area (Å²) < 4.78 is 0. The number of rotatable bonds is 3. The van der Waals surface area contributed by atoms with Gasteiger partial charge in [0, 0.05) is 11.3 Å². The summed E-state index contributed by atoms with van der Waals surface area (Å²) in [5.41, 5.74) is 3.97. The lowest BCUT2D eigenvalue weighted by Gasteiger charge is -2.12. The first-order valence-electron chi connectivity index (χ1n) is 7.87. The number of benzene rings is 3. The number of para-hydroxylation sites is 1. The van der Waals surface area contributed by atoms with Gasteiger partial charge in [0.2, 0.25) is 0 Å². The Hall–Kier alpha value is -4.09. The molecule has 0 aromatic heterocycles. The standard InChI is InChI=1S/C21H14N4O/c22-13-15-8-10-17(11-9-15)19-6-1-2-7-20(19)25-21(26)24-18-5-3-4-16(12-18)14-23/h1-12H,(H2,24,25,26). The van der Waals surface area contributed by atoms with Crippen molar-refractivity contribution in [1.29, 1.82) is 10.5 Å². The van der Waals surface area contributed by atoms with Gasteiger partial charge in [0.05, 0.1) is 29.0 Å². The van der Waals surface area contributed by atoms with E-state index in [1.54, 1.807) is 42.5 Å². The maximum absolute atomic E-state index is 12.3. The van der Waals surface area contributed by atoms with Crippen LogP contribution in [0.1, 0.15) is 11.1 Å². The van der Waals surface area contributed by atoms with E-state index in [2.05, 4.69) is 16.7 Å². The summed E-state index contributed by atoms with van der Waals surface area (Å²) in [5, 5.41) is 23.4. The number of amides is 2. The van der Waals surface area contributed by atoms with Crippen LogP contribution in [0.25, 0.3) is 11.1 Å². The number of carbonyl (C=O) groups is 1. The topological polar surface area (TPSA) is 88.7 Å². The van der Waals surface area contributed by atoms with Crippen molar-refractivity contribution in [3.05, 3.63) is 83.9 Å². The highest BCUT2D eigenvalue weighted by Crippen LogP contribution is 2.28. The molecule has 2 amide bonds. The summed E-state index contributed by atoms with van der Waals surface area (Å²) in [6, 6.07) is 25.0. The third-order valence-corrected chi connectivity index (χ3v) is 3.75. The molecule has 2 N–H and O–H groups in total. The Balaban J connectivity index is 1.80. The molecule has 0 radical (unpaired) electrons. The van der Waals surface area contributed by atoms with E-state index >= 15 is 0 Å². The van der Waals surface area contributed by atoms with Gasteiger partial charge < -0.3 is 10.6 Å². The summed E-state index contributed by atoms with van der Waals surface area (Å²) in [5.74, 6) is 0. The zero-order valence-corrected chi connectivity index (χ0v) is 13.7.